The monoisotopic (exact) mass is 202 g/mol. The molecular weight excluding hydrogens is 180 g/mol. The van der Waals surface area contributed by atoms with Crippen LogP contribution in [0.3, 0.4) is 0 Å². The molecule has 0 rings (SSSR count). The molecule has 2 N–H and O–H groups in total. The Morgan fingerprint density at radius 3 is 2.36 bits per heavy atom. The Morgan fingerprint density at radius 2 is 2.00 bits per heavy atom. The van der Waals surface area contributed by atoms with E-state index in [1.54, 1.807) is 19.0 Å². The summed E-state index contributed by atoms with van der Waals surface area (Å²) in [6.45, 7) is 5.82. The number of rotatable bonds is 5. The Bertz CT molecular complexity index is 191. The maximum Gasteiger partial charge on any atom is 0.223 e. The highest BCUT2D eigenvalue weighted by Gasteiger charge is 2.20. The largest absolute Gasteiger partial charge is 0.394 e. The average molecular weight is 202 g/mol. The standard InChI is InChI=1S/C10H22N2O2/c1-8(6-9(14)12(4)5)11-10(2,3)7-13/h8,11,13H,6-7H2,1-5H3. The molecule has 0 saturated heterocycles. The van der Waals surface area contributed by atoms with Gasteiger partial charge in [-0.2, -0.15) is 0 Å². The molecule has 1 atom stereocenters. The maximum absolute atomic E-state index is 11.4. The van der Waals surface area contributed by atoms with Gasteiger partial charge in [0.15, 0.2) is 0 Å². The van der Waals surface area contributed by atoms with E-state index in [4.69, 9.17) is 5.11 Å². The summed E-state index contributed by atoms with van der Waals surface area (Å²) >= 11 is 0. The van der Waals surface area contributed by atoms with E-state index in [9.17, 15) is 4.79 Å². The molecule has 0 aromatic carbocycles. The molecule has 0 aliphatic carbocycles. The first-order chi connectivity index (χ1) is 6.28. The number of hydrogen-bond acceptors (Lipinski definition) is 3. The SMILES string of the molecule is CC(CC(=O)N(C)C)NC(C)(C)CO. The van der Waals surface area contributed by atoms with Gasteiger partial charge in [-0.1, -0.05) is 0 Å². The molecule has 0 aromatic rings. The summed E-state index contributed by atoms with van der Waals surface area (Å²) in [5, 5.41) is 12.2. The van der Waals surface area contributed by atoms with Gasteiger partial charge in [-0.05, 0) is 20.8 Å². The number of nitrogens with one attached hydrogen (secondary N) is 1. The van der Waals surface area contributed by atoms with Crippen LogP contribution in [0, 0.1) is 0 Å². The number of aliphatic hydroxyl groups excluding tert-OH is 1. The first kappa shape index (κ1) is 13.4. The molecule has 14 heavy (non-hydrogen) atoms. The highest BCUT2D eigenvalue weighted by Crippen LogP contribution is 2.04. The van der Waals surface area contributed by atoms with Crippen molar-refractivity contribution in [3.63, 3.8) is 0 Å². The van der Waals surface area contributed by atoms with Gasteiger partial charge in [0.1, 0.15) is 0 Å². The molecule has 0 spiro atoms. The number of amides is 1. The molecule has 0 saturated carbocycles. The van der Waals surface area contributed by atoms with E-state index in [2.05, 4.69) is 5.32 Å². The third-order valence-electron chi connectivity index (χ3n) is 2.01. The van der Waals surface area contributed by atoms with Gasteiger partial charge in [0.25, 0.3) is 0 Å². The summed E-state index contributed by atoms with van der Waals surface area (Å²) in [5.41, 5.74) is -0.327. The smallest absolute Gasteiger partial charge is 0.223 e. The van der Waals surface area contributed by atoms with E-state index in [1.165, 1.54) is 0 Å². The first-order valence-corrected chi connectivity index (χ1v) is 4.87. The van der Waals surface area contributed by atoms with Crippen molar-refractivity contribution in [3.05, 3.63) is 0 Å². The molecule has 0 bridgehead atoms. The summed E-state index contributed by atoms with van der Waals surface area (Å²) in [7, 11) is 3.48. The van der Waals surface area contributed by atoms with E-state index >= 15 is 0 Å². The second-order valence-corrected chi connectivity index (χ2v) is 4.58. The topological polar surface area (TPSA) is 52.6 Å². The lowest BCUT2D eigenvalue weighted by Crippen LogP contribution is -2.48. The third-order valence-corrected chi connectivity index (χ3v) is 2.01. The van der Waals surface area contributed by atoms with Crippen molar-refractivity contribution in [2.45, 2.75) is 38.8 Å². The number of aliphatic hydroxyl groups is 1. The minimum Gasteiger partial charge on any atom is -0.394 e. The molecule has 4 heteroatoms. The van der Waals surface area contributed by atoms with Crippen molar-refractivity contribution >= 4 is 5.91 Å². The lowest BCUT2D eigenvalue weighted by molar-refractivity contribution is -0.129. The third kappa shape index (κ3) is 5.19. The summed E-state index contributed by atoms with van der Waals surface area (Å²) in [5.74, 6) is 0.0961. The molecule has 1 amide bonds. The van der Waals surface area contributed by atoms with Crippen molar-refractivity contribution in [1.82, 2.24) is 10.2 Å². The Labute approximate surface area is 86.3 Å². The highest BCUT2D eigenvalue weighted by atomic mass is 16.3. The molecule has 4 nitrogen and oxygen atoms in total. The van der Waals surface area contributed by atoms with Crippen molar-refractivity contribution in [1.29, 1.82) is 0 Å². The second kappa shape index (κ2) is 5.32. The minimum absolute atomic E-state index is 0.0630. The van der Waals surface area contributed by atoms with Gasteiger partial charge in [-0.15, -0.1) is 0 Å². The molecule has 0 aromatic heterocycles. The summed E-state index contributed by atoms with van der Waals surface area (Å²) in [6, 6.07) is 0.0760. The lowest BCUT2D eigenvalue weighted by Gasteiger charge is -2.28. The number of carbonyl (C=O) groups excluding carboxylic acids is 1. The molecular formula is C10H22N2O2. The Kier molecular flexibility index (Phi) is 5.08. The molecule has 0 fully saturated rings. The quantitative estimate of drug-likeness (QED) is 0.670. The zero-order valence-corrected chi connectivity index (χ0v) is 9.79. The summed E-state index contributed by atoms with van der Waals surface area (Å²) in [4.78, 5) is 12.9. The van der Waals surface area contributed by atoms with Crippen molar-refractivity contribution in [2.75, 3.05) is 20.7 Å². The van der Waals surface area contributed by atoms with Crippen LogP contribution >= 0.6 is 0 Å². The fraction of sp³-hybridized carbons (Fsp3) is 0.900. The van der Waals surface area contributed by atoms with Crippen LogP contribution < -0.4 is 5.32 Å². The highest BCUT2D eigenvalue weighted by molar-refractivity contribution is 5.76. The van der Waals surface area contributed by atoms with Crippen molar-refractivity contribution < 1.29 is 9.90 Å². The molecule has 0 heterocycles. The number of nitrogens with zero attached hydrogens (tertiary/aromatic N) is 1. The molecule has 0 radical (unpaired) electrons. The first-order valence-electron chi connectivity index (χ1n) is 4.87. The Hall–Kier alpha value is -0.610. The van der Waals surface area contributed by atoms with Gasteiger partial charge in [-0.25, -0.2) is 0 Å². The van der Waals surface area contributed by atoms with Crippen LogP contribution in [-0.2, 0) is 4.79 Å². The van der Waals surface area contributed by atoms with Gasteiger partial charge in [0.2, 0.25) is 5.91 Å². The van der Waals surface area contributed by atoms with Gasteiger partial charge in [-0.3, -0.25) is 4.79 Å². The summed E-state index contributed by atoms with van der Waals surface area (Å²) < 4.78 is 0. The van der Waals surface area contributed by atoms with E-state index in [1.807, 2.05) is 20.8 Å². The van der Waals surface area contributed by atoms with E-state index in [0.29, 0.717) is 6.42 Å². The zero-order chi connectivity index (χ0) is 11.4. The summed E-state index contributed by atoms with van der Waals surface area (Å²) in [6.07, 6.45) is 0.455. The van der Waals surface area contributed by atoms with Crippen LogP contribution in [0.4, 0.5) is 0 Å². The normalized spacial score (nSPS) is 13.9. The second-order valence-electron chi connectivity index (χ2n) is 4.58. The Balaban J connectivity index is 3.98. The van der Waals surface area contributed by atoms with Gasteiger partial charge in [0, 0.05) is 32.1 Å². The molecule has 1 unspecified atom stereocenters. The van der Waals surface area contributed by atoms with Crippen LogP contribution in [0.1, 0.15) is 27.2 Å². The van der Waals surface area contributed by atoms with Crippen LogP contribution in [0.5, 0.6) is 0 Å². The van der Waals surface area contributed by atoms with Crippen molar-refractivity contribution in [3.8, 4) is 0 Å². The average Bonchev–Trinajstić information content (AvgIpc) is 2.02. The zero-order valence-electron chi connectivity index (χ0n) is 9.79. The molecule has 0 aliphatic heterocycles. The van der Waals surface area contributed by atoms with E-state index in [-0.39, 0.29) is 24.1 Å². The van der Waals surface area contributed by atoms with Crippen LogP contribution in [-0.4, -0.2) is 48.2 Å². The van der Waals surface area contributed by atoms with E-state index < -0.39 is 0 Å². The Morgan fingerprint density at radius 1 is 1.50 bits per heavy atom. The van der Waals surface area contributed by atoms with E-state index in [0.717, 1.165) is 0 Å². The maximum atomic E-state index is 11.4. The van der Waals surface area contributed by atoms with Crippen molar-refractivity contribution in [2.24, 2.45) is 0 Å². The van der Waals surface area contributed by atoms with Crippen LogP contribution in [0.25, 0.3) is 0 Å². The lowest BCUT2D eigenvalue weighted by atomic mass is 10.0. The van der Waals surface area contributed by atoms with Gasteiger partial charge < -0.3 is 15.3 Å². The van der Waals surface area contributed by atoms with Crippen LogP contribution in [0.2, 0.25) is 0 Å². The fourth-order valence-corrected chi connectivity index (χ4v) is 1.21. The minimum atomic E-state index is -0.327. The van der Waals surface area contributed by atoms with Crippen LogP contribution in [0.15, 0.2) is 0 Å². The predicted molar refractivity (Wildman–Crippen MR) is 57.1 cm³/mol. The number of carbonyl (C=O) groups is 1. The van der Waals surface area contributed by atoms with Gasteiger partial charge in [0.05, 0.1) is 6.61 Å². The fourth-order valence-electron chi connectivity index (χ4n) is 1.21. The molecule has 0 aliphatic rings. The predicted octanol–water partition coefficient (Wildman–Crippen LogP) is 0.214. The number of hydrogen-bond donors (Lipinski definition) is 2. The van der Waals surface area contributed by atoms with Gasteiger partial charge >= 0.3 is 0 Å². The molecule has 84 valence electrons.